The third-order valence-electron chi connectivity index (χ3n) is 2.87. The lowest BCUT2D eigenvalue weighted by molar-refractivity contribution is -0.141. The fraction of sp³-hybridized carbons (Fsp3) is 0.533. The molecular formula is C15H22ClNO2. The predicted octanol–water partition coefficient (Wildman–Crippen LogP) is 3.52. The zero-order valence-corrected chi connectivity index (χ0v) is 12.5. The molecule has 0 fully saturated rings. The summed E-state index contributed by atoms with van der Waals surface area (Å²) in [7, 11) is 0. The van der Waals surface area contributed by atoms with Crippen LogP contribution in [0.15, 0.2) is 24.3 Å². The van der Waals surface area contributed by atoms with Gasteiger partial charge in [-0.3, -0.25) is 9.69 Å². The SMILES string of the molecule is CC(C)CN(Cc1cccc(Cl)c1)CC(C)C(=O)O. The number of carboxylic acid groups (broad SMARTS) is 1. The number of hydrogen-bond acceptors (Lipinski definition) is 2. The summed E-state index contributed by atoms with van der Waals surface area (Å²) >= 11 is 5.98. The molecule has 0 radical (unpaired) electrons. The summed E-state index contributed by atoms with van der Waals surface area (Å²) < 4.78 is 0. The van der Waals surface area contributed by atoms with Gasteiger partial charge in [0.05, 0.1) is 5.92 Å². The second kappa shape index (κ2) is 7.51. The average molecular weight is 284 g/mol. The molecule has 0 amide bonds. The maximum atomic E-state index is 11.0. The van der Waals surface area contributed by atoms with E-state index in [9.17, 15) is 4.79 Å². The highest BCUT2D eigenvalue weighted by atomic mass is 35.5. The van der Waals surface area contributed by atoms with Crippen LogP contribution in [0, 0.1) is 11.8 Å². The van der Waals surface area contributed by atoms with Crippen molar-refractivity contribution in [1.29, 1.82) is 0 Å². The van der Waals surface area contributed by atoms with Gasteiger partial charge in [-0.25, -0.2) is 0 Å². The average Bonchev–Trinajstić information content (AvgIpc) is 2.27. The topological polar surface area (TPSA) is 40.5 Å². The molecule has 1 unspecified atom stereocenters. The lowest BCUT2D eigenvalue weighted by Crippen LogP contribution is -2.34. The molecule has 106 valence electrons. The van der Waals surface area contributed by atoms with E-state index < -0.39 is 5.97 Å². The van der Waals surface area contributed by atoms with E-state index >= 15 is 0 Å². The Hall–Kier alpha value is -1.06. The molecule has 0 spiro atoms. The molecule has 0 aliphatic rings. The van der Waals surface area contributed by atoms with Crippen LogP contribution in [-0.4, -0.2) is 29.1 Å². The Morgan fingerprint density at radius 1 is 1.32 bits per heavy atom. The highest BCUT2D eigenvalue weighted by molar-refractivity contribution is 6.30. The molecule has 1 atom stereocenters. The van der Waals surface area contributed by atoms with E-state index in [-0.39, 0.29) is 5.92 Å². The molecule has 1 N–H and O–H groups in total. The molecule has 4 heteroatoms. The monoisotopic (exact) mass is 283 g/mol. The summed E-state index contributed by atoms with van der Waals surface area (Å²) in [5.74, 6) is -0.613. The molecule has 0 aliphatic carbocycles. The smallest absolute Gasteiger partial charge is 0.307 e. The van der Waals surface area contributed by atoms with Gasteiger partial charge in [0, 0.05) is 24.7 Å². The minimum absolute atomic E-state index is 0.363. The van der Waals surface area contributed by atoms with E-state index in [2.05, 4.69) is 18.7 Å². The predicted molar refractivity (Wildman–Crippen MR) is 78.4 cm³/mol. The molecule has 19 heavy (non-hydrogen) atoms. The molecule has 0 saturated carbocycles. The van der Waals surface area contributed by atoms with Crippen LogP contribution in [0.1, 0.15) is 26.3 Å². The van der Waals surface area contributed by atoms with E-state index in [0.29, 0.717) is 17.5 Å². The zero-order chi connectivity index (χ0) is 14.4. The van der Waals surface area contributed by atoms with Gasteiger partial charge in [0.25, 0.3) is 0 Å². The van der Waals surface area contributed by atoms with Crippen LogP contribution in [0.25, 0.3) is 0 Å². The molecule has 3 nitrogen and oxygen atoms in total. The van der Waals surface area contributed by atoms with Gasteiger partial charge in [0.1, 0.15) is 0 Å². The Labute approximate surface area is 120 Å². The Bertz CT molecular complexity index is 420. The van der Waals surface area contributed by atoms with E-state index in [1.807, 2.05) is 24.3 Å². The molecule has 0 bridgehead atoms. The number of halogens is 1. The van der Waals surface area contributed by atoms with Crippen LogP contribution in [0.5, 0.6) is 0 Å². The summed E-state index contributed by atoms with van der Waals surface area (Å²) in [4.78, 5) is 13.2. The summed E-state index contributed by atoms with van der Waals surface area (Å²) in [6.07, 6.45) is 0. The van der Waals surface area contributed by atoms with Gasteiger partial charge < -0.3 is 5.11 Å². The third kappa shape index (κ3) is 6.08. The van der Waals surface area contributed by atoms with Crippen molar-refractivity contribution in [3.63, 3.8) is 0 Å². The zero-order valence-electron chi connectivity index (χ0n) is 11.8. The van der Waals surface area contributed by atoms with E-state index in [0.717, 1.165) is 18.7 Å². The van der Waals surface area contributed by atoms with Crippen LogP contribution in [0.2, 0.25) is 5.02 Å². The largest absolute Gasteiger partial charge is 0.481 e. The Morgan fingerprint density at radius 2 is 2.00 bits per heavy atom. The first-order chi connectivity index (χ1) is 8.88. The number of benzene rings is 1. The fourth-order valence-electron chi connectivity index (χ4n) is 2.08. The second-order valence-corrected chi connectivity index (χ2v) is 5.89. The van der Waals surface area contributed by atoms with Gasteiger partial charge in [-0.1, -0.05) is 44.5 Å². The standard InChI is InChI=1S/C15H22ClNO2/c1-11(2)8-17(9-12(3)15(18)19)10-13-5-4-6-14(16)7-13/h4-7,11-12H,8-10H2,1-3H3,(H,18,19). The van der Waals surface area contributed by atoms with Crippen molar-refractivity contribution in [1.82, 2.24) is 4.90 Å². The number of nitrogens with zero attached hydrogens (tertiary/aromatic N) is 1. The minimum Gasteiger partial charge on any atom is -0.481 e. The number of hydrogen-bond donors (Lipinski definition) is 1. The van der Waals surface area contributed by atoms with Crippen LogP contribution in [0.4, 0.5) is 0 Å². The van der Waals surface area contributed by atoms with Crippen LogP contribution in [0.3, 0.4) is 0 Å². The lowest BCUT2D eigenvalue weighted by atomic mass is 10.1. The number of carbonyl (C=O) groups is 1. The summed E-state index contributed by atoms with van der Waals surface area (Å²) in [5, 5.41) is 9.74. The van der Waals surface area contributed by atoms with Gasteiger partial charge in [-0.15, -0.1) is 0 Å². The van der Waals surface area contributed by atoms with Crippen molar-refractivity contribution >= 4 is 17.6 Å². The maximum Gasteiger partial charge on any atom is 0.307 e. The van der Waals surface area contributed by atoms with E-state index in [1.54, 1.807) is 6.92 Å². The third-order valence-corrected chi connectivity index (χ3v) is 3.11. The molecule has 1 aromatic carbocycles. The highest BCUT2D eigenvalue weighted by Crippen LogP contribution is 2.14. The summed E-state index contributed by atoms with van der Waals surface area (Å²) in [6.45, 7) is 8.18. The first-order valence-electron chi connectivity index (χ1n) is 6.58. The van der Waals surface area contributed by atoms with Crippen molar-refractivity contribution < 1.29 is 9.90 Å². The quantitative estimate of drug-likeness (QED) is 0.832. The summed E-state index contributed by atoms with van der Waals surface area (Å²) in [6, 6.07) is 7.72. The normalized spacial score (nSPS) is 12.9. The molecule has 0 aliphatic heterocycles. The van der Waals surface area contributed by atoms with Crippen LogP contribution < -0.4 is 0 Å². The van der Waals surface area contributed by atoms with Crippen molar-refractivity contribution in [3.05, 3.63) is 34.9 Å². The van der Waals surface area contributed by atoms with Crippen LogP contribution >= 0.6 is 11.6 Å². The molecule has 0 saturated heterocycles. The lowest BCUT2D eigenvalue weighted by Gasteiger charge is -2.26. The van der Waals surface area contributed by atoms with E-state index in [4.69, 9.17) is 16.7 Å². The van der Waals surface area contributed by atoms with Crippen molar-refractivity contribution in [2.75, 3.05) is 13.1 Å². The van der Waals surface area contributed by atoms with Crippen LogP contribution in [-0.2, 0) is 11.3 Å². The van der Waals surface area contributed by atoms with Crippen molar-refractivity contribution in [2.45, 2.75) is 27.3 Å². The van der Waals surface area contributed by atoms with Gasteiger partial charge in [0.15, 0.2) is 0 Å². The first-order valence-corrected chi connectivity index (χ1v) is 6.96. The first kappa shape index (κ1) is 16.0. The Balaban J connectivity index is 2.71. The molecule has 0 heterocycles. The fourth-order valence-corrected chi connectivity index (χ4v) is 2.29. The molecule has 1 rings (SSSR count). The van der Waals surface area contributed by atoms with Gasteiger partial charge in [-0.05, 0) is 23.6 Å². The van der Waals surface area contributed by atoms with Crippen molar-refractivity contribution in [3.8, 4) is 0 Å². The number of aliphatic carboxylic acids is 1. The van der Waals surface area contributed by atoms with E-state index in [1.165, 1.54) is 0 Å². The molecule has 1 aromatic rings. The second-order valence-electron chi connectivity index (χ2n) is 5.46. The Kier molecular flexibility index (Phi) is 6.32. The Morgan fingerprint density at radius 3 is 2.53 bits per heavy atom. The molecular weight excluding hydrogens is 262 g/mol. The number of carboxylic acids is 1. The number of rotatable bonds is 7. The van der Waals surface area contributed by atoms with Crippen molar-refractivity contribution in [2.24, 2.45) is 11.8 Å². The van der Waals surface area contributed by atoms with Gasteiger partial charge in [0.2, 0.25) is 0 Å². The minimum atomic E-state index is -0.750. The summed E-state index contributed by atoms with van der Waals surface area (Å²) in [5.41, 5.74) is 1.12. The maximum absolute atomic E-state index is 11.0. The van der Waals surface area contributed by atoms with Gasteiger partial charge in [-0.2, -0.15) is 0 Å². The highest BCUT2D eigenvalue weighted by Gasteiger charge is 2.17. The molecule has 0 aromatic heterocycles. The van der Waals surface area contributed by atoms with Gasteiger partial charge >= 0.3 is 5.97 Å².